The van der Waals surface area contributed by atoms with E-state index in [-0.39, 0.29) is 48.4 Å². The molecule has 0 atom stereocenters. The molecule has 1 N–H and O–H groups in total. The van der Waals surface area contributed by atoms with Gasteiger partial charge < -0.3 is 5.11 Å². The molecule has 1 aromatic heterocycles. The maximum absolute atomic E-state index is 12.2. The summed E-state index contributed by atoms with van der Waals surface area (Å²) in [6.45, 7) is 25.3. The predicted molar refractivity (Wildman–Crippen MR) is 197 cm³/mol. The topological polar surface area (TPSA) is 63.1 Å². The van der Waals surface area contributed by atoms with Gasteiger partial charge in [-0.05, 0) is 72.5 Å². The molecule has 0 spiro atoms. The fraction of sp³-hybridized carbons (Fsp3) is 0.500. The molecule has 5 heteroatoms. The van der Waals surface area contributed by atoms with Crippen molar-refractivity contribution in [3.63, 3.8) is 0 Å². The predicted octanol–water partition coefficient (Wildman–Crippen LogP) is 11.8. The summed E-state index contributed by atoms with van der Waals surface area (Å²) in [6.07, 6.45) is 5.85. The second kappa shape index (κ2) is 17.0. The van der Waals surface area contributed by atoms with E-state index in [9.17, 15) is 9.90 Å². The molecule has 0 fully saturated rings. The molecule has 0 aliphatic rings. The summed E-state index contributed by atoms with van der Waals surface area (Å²) in [6, 6.07) is 18.6. The Labute approximate surface area is 298 Å². The van der Waals surface area contributed by atoms with E-state index in [1.165, 1.54) is 33.5 Å². The van der Waals surface area contributed by atoms with Crippen LogP contribution >= 0.6 is 0 Å². The molecule has 4 nitrogen and oxygen atoms in total. The van der Waals surface area contributed by atoms with Crippen LogP contribution in [-0.4, -0.2) is 20.9 Å². The van der Waals surface area contributed by atoms with E-state index in [4.69, 9.17) is 9.97 Å². The molecule has 257 valence electrons. The summed E-state index contributed by atoms with van der Waals surface area (Å²) in [5.74, 6) is 2.08. The zero-order valence-electron chi connectivity index (χ0n) is 30.9. The first kappa shape index (κ1) is 40.3. The van der Waals surface area contributed by atoms with Crippen molar-refractivity contribution in [1.29, 1.82) is 0 Å². The third kappa shape index (κ3) is 9.18. The number of ketones is 1. The zero-order valence-corrected chi connectivity index (χ0v) is 33.3. The second-order valence-electron chi connectivity index (χ2n) is 14.3. The smallest absolute Gasteiger partial charge is 0.164 e. The quantitative estimate of drug-likeness (QED) is 0.0709. The van der Waals surface area contributed by atoms with Gasteiger partial charge in [-0.25, -0.2) is 4.98 Å². The first-order chi connectivity index (χ1) is 21.6. The largest absolute Gasteiger partial charge is 0.512 e. The Morgan fingerprint density at radius 3 is 2.04 bits per heavy atom. The third-order valence-electron chi connectivity index (χ3n) is 10.1. The molecule has 1 radical (unpaired) electrons. The molecule has 0 aliphatic heterocycles. The van der Waals surface area contributed by atoms with Crippen molar-refractivity contribution in [2.24, 2.45) is 16.7 Å². The number of aromatic nitrogens is 2. The van der Waals surface area contributed by atoms with E-state index in [2.05, 4.69) is 77.9 Å². The Morgan fingerprint density at radius 1 is 0.894 bits per heavy atom. The Balaban J connectivity index is 0.000000370. The molecule has 4 aromatic rings. The molecule has 0 saturated carbocycles. The molecule has 3 aromatic carbocycles. The fourth-order valence-electron chi connectivity index (χ4n) is 5.85. The summed E-state index contributed by atoms with van der Waals surface area (Å²) < 4.78 is 0. The van der Waals surface area contributed by atoms with Crippen LogP contribution in [0.5, 0.6) is 0 Å². The van der Waals surface area contributed by atoms with Crippen molar-refractivity contribution in [2.45, 2.75) is 121 Å². The summed E-state index contributed by atoms with van der Waals surface area (Å²) in [5, 5.41) is 13.7. The molecule has 0 bridgehead atoms. The van der Waals surface area contributed by atoms with E-state index in [0.29, 0.717) is 5.92 Å². The maximum atomic E-state index is 12.2. The van der Waals surface area contributed by atoms with Gasteiger partial charge in [0.15, 0.2) is 5.78 Å². The van der Waals surface area contributed by atoms with Crippen LogP contribution in [0.2, 0.25) is 0 Å². The van der Waals surface area contributed by atoms with Gasteiger partial charge in [0.2, 0.25) is 0 Å². The molecule has 4 rings (SSSR count). The Morgan fingerprint density at radius 2 is 1.51 bits per heavy atom. The number of aliphatic hydroxyl groups is 1. The number of hydrogen-bond acceptors (Lipinski definition) is 4. The number of nitrogens with zero attached hydrogens (tertiary/aromatic N) is 2. The first-order valence-corrected chi connectivity index (χ1v) is 17.3. The average molecular weight is 814 g/mol. The van der Waals surface area contributed by atoms with Crippen molar-refractivity contribution in [3.05, 3.63) is 82.9 Å². The minimum absolute atomic E-state index is 0. The molecule has 1 heterocycles. The van der Waals surface area contributed by atoms with Crippen molar-refractivity contribution < 1.29 is 30.0 Å². The van der Waals surface area contributed by atoms with Gasteiger partial charge in [0.1, 0.15) is 11.6 Å². The first-order valence-electron chi connectivity index (χ1n) is 17.3. The number of aliphatic hydroxyl groups excluding tert-OH is 1. The molecular weight excluding hydrogens is 757 g/mol. The minimum atomic E-state index is -0.337. The van der Waals surface area contributed by atoms with Gasteiger partial charge in [-0.2, -0.15) is 0 Å². The molecule has 0 unspecified atom stereocenters. The number of allylic oxidation sites excluding steroid dienone is 2. The van der Waals surface area contributed by atoms with Crippen LogP contribution in [0.15, 0.2) is 54.3 Å². The van der Waals surface area contributed by atoms with E-state index < -0.39 is 0 Å². The summed E-state index contributed by atoms with van der Waals surface area (Å²) in [4.78, 5) is 22.2. The van der Waals surface area contributed by atoms with Crippen molar-refractivity contribution in [2.75, 3.05) is 0 Å². The standard InChI is InChI=1S/C27H29N2.C15H28O2.Ir/c1-16(2)13-20-14-19(6)24-21(15-20)11-12-23-25(22-10-8-7-9-18(22)5)28-27(17(3)4)29-26(23)24;1-7-14(5,8-2)12(16)11-13(17)15(6,9-3)10-4;/h7-9,11-12,14-17H,13H2,1-6H3;11,16H,7-10H2,1-6H3;/q-1;;/b;12-11-;. The number of fused-ring (bicyclic) bond motifs is 3. The second-order valence-corrected chi connectivity index (χ2v) is 14.3. The Bertz CT molecular complexity index is 1690. The van der Waals surface area contributed by atoms with Gasteiger partial charge in [0.05, 0.1) is 5.52 Å². The molecule has 0 saturated heterocycles. The van der Waals surface area contributed by atoms with E-state index in [1.807, 2.05) is 53.7 Å². The van der Waals surface area contributed by atoms with Crippen LogP contribution in [0.25, 0.3) is 32.9 Å². The normalized spacial score (nSPS) is 12.3. The molecule has 0 aliphatic carbocycles. The number of carbonyl (C=O) groups is 1. The number of carbonyl (C=O) groups excluding carboxylic acids is 1. The van der Waals surface area contributed by atoms with Gasteiger partial charge in [-0.1, -0.05) is 100 Å². The van der Waals surface area contributed by atoms with Crippen LogP contribution in [0.4, 0.5) is 0 Å². The zero-order chi connectivity index (χ0) is 34.4. The van der Waals surface area contributed by atoms with Gasteiger partial charge in [0.25, 0.3) is 0 Å². The Hall–Kier alpha value is -2.88. The van der Waals surface area contributed by atoms with Crippen LogP contribution in [0.3, 0.4) is 0 Å². The summed E-state index contributed by atoms with van der Waals surface area (Å²) in [5.41, 5.74) is 6.38. The summed E-state index contributed by atoms with van der Waals surface area (Å²) in [7, 11) is 0. The van der Waals surface area contributed by atoms with E-state index >= 15 is 0 Å². The molecule has 0 amide bonds. The van der Waals surface area contributed by atoms with E-state index in [1.54, 1.807) is 0 Å². The monoisotopic (exact) mass is 814 g/mol. The molecular formula is C42H57IrN2O2-. The van der Waals surface area contributed by atoms with Gasteiger partial charge in [0, 0.05) is 48.3 Å². The SMILES string of the molecule is CCC(C)(CC)C(=O)/C=C(\O)C(C)(CC)CC.Cc1ccc[c-]c1-c1nc(C(C)C)nc2c1ccc1cc(CC(C)C)cc(C)c12.[Ir]. The van der Waals surface area contributed by atoms with Crippen molar-refractivity contribution in [1.82, 2.24) is 9.97 Å². The van der Waals surface area contributed by atoms with Gasteiger partial charge >= 0.3 is 0 Å². The number of aryl methyl sites for hydroxylation is 2. The van der Waals surface area contributed by atoms with Crippen LogP contribution in [0.1, 0.15) is 123 Å². The van der Waals surface area contributed by atoms with Crippen LogP contribution in [-0.2, 0) is 31.3 Å². The number of hydrogen-bond donors (Lipinski definition) is 1. The van der Waals surface area contributed by atoms with Crippen molar-refractivity contribution >= 4 is 27.5 Å². The van der Waals surface area contributed by atoms with Gasteiger partial charge in [-0.15, -0.1) is 35.4 Å². The number of benzene rings is 3. The summed E-state index contributed by atoms with van der Waals surface area (Å²) >= 11 is 0. The Kier molecular flexibility index (Phi) is 14.6. The van der Waals surface area contributed by atoms with Crippen LogP contribution in [0, 0.1) is 36.7 Å². The number of rotatable bonds is 11. The third-order valence-corrected chi connectivity index (χ3v) is 10.1. The fourth-order valence-corrected chi connectivity index (χ4v) is 5.85. The minimum Gasteiger partial charge on any atom is -0.512 e. The molecule has 47 heavy (non-hydrogen) atoms. The van der Waals surface area contributed by atoms with Crippen LogP contribution < -0.4 is 0 Å². The van der Waals surface area contributed by atoms with E-state index in [0.717, 1.165) is 60.1 Å². The van der Waals surface area contributed by atoms with Gasteiger partial charge in [-0.3, -0.25) is 9.78 Å². The maximum Gasteiger partial charge on any atom is 0.164 e. The average Bonchev–Trinajstić information content (AvgIpc) is 3.03. The van der Waals surface area contributed by atoms with Crippen molar-refractivity contribution in [3.8, 4) is 11.3 Å².